The van der Waals surface area contributed by atoms with E-state index >= 15 is 0 Å². The lowest BCUT2D eigenvalue weighted by Gasteiger charge is -2.57. The normalized spacial score (nSPS) is 46.6. The zero-order chi connectivity index (χ0) is 20.2. The summed E-state index contributed by atoms with van der Waals surface area (Å²) in [6, 6.07) is 0. The van der Waals surface area contributed by atoms with E-state index < -0.39 is 12.3 Å². The van der Waals surface area contributed by atoms with Crippen molar-refractivity contribution in [3.05, 3.63) is 18.2 Å². The predicted octanol–water partition coefficient (Wildman–Crippen LogP) is 4.49. The van der Waals surface area contributed by atoms with Crippen LogP contribution in [0.4, 0.5) is 4.39 Å². The van der Waals surface area contributed by atoms with Crippen molar-refractivity contribution in [2.75, 3.05) is 6.67 Å². The highest BCUT2D eigenvalue weighted by molar-refractivity contribution is 5.83. The summed E-state index contributed by atoms with van der Waals surface area (Å²) in [7, 11) is 0. The number of ketones is 1. The molecule has 0 aromatic carbocycles. The average molecular weight is 403 g/mol. The van der Waals surface area contributed by atoms with Crippen LogP contribution in [0.15, 0.2) is 12.4 Å². The Hall–Kier alpha value is -1.23. The molecular weight excluding hydrogens is 367 g/mol. The first-order chi connectivity index (χ1) is 13.9. The fraction of sp³-hybridized carbons (Fsp3) is 0.833. The van der Waals surface area contributed by atoms with Gasteiger partial charge in [-0.2, -0.15) is 0 Å². The summed E-state index contributed by atoms with van der Waals surface area (Å²) in [5.74, 6) is 4.55. The average Bonchev–Trinajstić information content (AvgIpc) is 3.34. The van der Waals surface area contributed by atoms with E-state index in [4.69, 9.17) is 0 Å². The van der Waals surface area contributed by atoms with Gasteiger partial charge in [0, 0.05) is 18.3 Å². The van der Waals surface area contributed by atoms with Crippen LogP contribution in [0.2, 0.25) is 0 Å². The third kappa shape index (κ3) is 3.19. The molecule has 2 N–H and O–H groups in total. The number of H-pyrrole nitrogens is 1. The lowest BCUT2D eigenvalue weighted by molar-refractivity contribution is -0.133. The van der Waals surface area contributed by atoms with Crippen molar-refractivity contribution in [2.45, 2.75) is 76.7 Å². The number of nitrogens with zero attached hydrogens (tertiary/aromatic N) is 1. The summed E-state index contributed by atoms with van der Waals surface area (Å²) in [6.45, 7) is 1.80. The van der Waals surface area contributed by atoms with Crippen molar-refractivity contribution in [1.82, 2.24) is 9.97 Å². The number of hydrogen-bond acceptors (Lipinski definition) is 3. The molecule has 4 aliphatic carbocycles. The Kier molecular flexibility index (Phi) is 4.88. The van der Waals surface area contributed by atoms with Crippen molar-refractivity contribution in [1.29, 1.82) is 0 Å². The number of hydrogen-bond donors (Lipinski definition) is 2. The van der Waals surface area contributed by atoms with Crippen LogP contribution >= 0.6 is 0 Å². The number of halogens is 1. The van der Waals surface area contributed by atoms with Gasteiger partial charge in [-0.25, -0.2) is 9.37 Å². The van der Waals surface area contributed by atoms with Gasteiger partial charge in [-0.3, -0.25) is 4.79 Å². The summed E-state index contributed by atoms with van der Waals surface area (Å²) in [4.78, 5) is 20.5. The second-order valence-corrected chi connectivity index (χ2v) is 10.9. The molecule has 1 aromatic heterocycles. The molecule has 8 atom stereocenters. The molecule has 4 aliphatic rings. The number of nitrogens with one attached hydrogen (secondary N) is 1. The molecule has 1 heterocycles. The summed E-state index contributed by atoms with van der Waals surface area (Å²) in [5, 5.41) is 10.5. The van der Waals surface area contributed by atoms with E-state index in [-0.39, 0.29) is 11.3 Å². The second-order valence-electron chi connectivity index (χ2n) is 10.9. The fourth-order valence-corrected chi connectivity index (χ4v) is 8.30. The molecule has 0 saturated heterocycles. The lowest BCUT2D eigenvalue weighted by Crippen LogP contribution is -2.52. The Bertz CT molecular complexity index is 752. The molecule has 4 fully saturated rings. The van der Waals surface area contributed by atoms with E-state index in [1.807, 2.05) is 0 Å². The molecule has 1 aromatic rings. The third-order valence-corrected chi connectivity index (χ3v) is 9.64. The predicted molar refractivity (Wildman–Crippen MR) is 109 cm³/mol. The van der Waals surface area contributed by atoms with Crippen LogP contribution in [0.25, 0.3) is 0 Å². The van der Waals surface area contributed by atoms with E-state index in [2.05, 4.69) is 16.9 Å². The summed E-state index contributed by atoms with van der Waals surface area (Å²) < 4.78 is 13.3. The fourth-order valence-electron chi connectivity index (χ4n) is 8.30. The molecule has 4 saturated carbocycles. The number of Topliss-reactive ketones (excluding diaryl/α,β-unsaturated/α-hetero) is 1. The van der Waals surface area contributed by atoms with Crippen LogP contribution in [0.5, 0.6) is 0 Å². The molecule has 5 heteroatoms. The van der Waals surface area contributed by atoms with Gasteiger partial charge in [-0.05, 0) is 92.8 Å². The Morgan fingerprint density at radius 1 is 1.17 bits per heavy atom. The number of fused-ring (bicyclic) bond motifs is 5. The van der Waals surface area contributed by atoms with Crippen LogP contribution < -0.4 is 0 Å². The first kappa shape index (κ1) is 19.7. The molecular formula is C24H35FN2O2. The Morgan fingerprint density at radius 3 is 2.76 bits per heavy atom. The van der Waals surface area contributed by atoms with E-state index in [1.54, 1.807) is 12.4 Å². The number of rotatable bonds is 4. The smallest absolute Gasteiger partial charge is 0.144 e. The van der Waals surface area contributed by atoms with Gasteiger partial charge in [-0.1, -0.05) is 6.92 Å². The maximum absolute atomic E-state index is 13.3. The Balaban J connectivity index is 1.31. The molecule has 0 bridgehead atoms. The van der Waals surface area contributed by atoms with Gasteiger partial charge < -0.3 is 10.1 Å². The van der Waals surface area contributed by atoms with Gasteiger partial charge in [0.15, 0.2) is 0 Å². The van der Waals surface area contributed by atoms with Crippen LogP contribution in [0.3, 0.4) is 0 Å². The highest BCUT2D eigenvalue weighted by Gasteiger charge is 2.58. The molecule has 160 valence electrons. The largest absolute Gasteiger partial charge is 0.387 e. The van der Waals surface area contributed by atoms with Crippen LogP contribution in [-0.4, -0.2) is 33.1 Å². The van der Waals surface area contributed by atoms with Gasteiger partial charge in [0.05, 0.1) is 12.0 Å². The SMILES string of the molecule is C[C@]12CC[C@H]3[C@@H](CC[C@@H]4C[C@@](O)(CF)CC[C@@H]43)[C@@H]1CC[C@@H]2C(=O)Cc1ncc[nH]1. The van der Waals surface area contributed by atoms with Gasteiger partial charge in [-0.15, -0.1) is 0 Å². The molecule has 4 nitrogen and oxygen atoms in total. The van der Waals surface area contributed by atoms with Crippen LogP contribution in [0, 0.1) is 40.9 Å². The Morgan fingerprint density at radius 2 is 2.00 bits per heavy atom. The zero-order valence-electron chi connectivity index (χ0n) is 17.6. The van der Waals surface area contributed by atoms with E-state index in [1.165, 1.54) is 19.3 Å². The molecule has 0 spiro atoms. The molecule has 0 aliphatic heterocycles. The van der Waals surface area contributed by atoms with Crippen LogP contribution in [0.1, 0.15) is 70.5 Å². The second kappa shape index (κ2) is 7.18. The van der Waals surface area contributed by atoms with E-state index in [0.29, 0.717) is 48.7 Å². The number of imidazole rings is 1. The minimum atomic E-state index is -1.06. The quantitative estimate of drug-likeness (QED) is 0.780. The third-order valence-electron chi connectivity index (χ3n) is 9.64. The highest BCUT2D eigenvalue weighted by atomic mass is 19.1. The minimum absolute atomic E-state index is 0.131. The number of aromatic amines is 1. The monoisotopic (exact) mass is 402 g/mol. The lowest BCUT2D eigenvalue weighted by atomic mass is 9.49. The van der Waals surface area contributed by atoms with Gasteiger partial charge in [0.25, 0.3) is 0 Å². The van der Waals surface area contributed by atoms with Crippen molar-refractivity contribution in [2.24, 2.45) is 40.9 Å². The maximum Gasteiger partial charge on any atom is 0.144 e. The summed E-state index contributed by atoms with van der Waals surface area (Å²) >= 11 is 0. The molecule has 0 unspecified atom stereocenters. The van der Waals surface area contributed by atoms with Crippen molar-refractivity contribution in [3.8, 4) is 0 Å². The number of carbonyl (C=O) groups excluding carboxylic acids is 1. The number of aromatic nitrogens is 2. The van der Waals surface area contributed by atoms with Crippen molar-refractivity contribution < 1.29 is 14.3 Å². The Labute approximate surface area is 173 Å². The molecule has 5 rings (SSSR count). The van der Waals surface area contributed by atoms with Crippen molar-refractivity contribution in [3.63, 3.8) is 0 Å². The number of carbonyl (C=O) groups is 1. The molecule has 0 radical (unpaired) electrons. The van der Waals surface area contributed by atoms with Crippen molar-refractivity contribution >= 4 is 5.78 Å². The standard InChI is InChI=1S/C24H35FN2O2/c1-23-8-6-17-16-7-9-24(29,14-25)13-15(16)2-3-18(17)19(23)4-5-20(23)21(28)12-22-26-10-11-27-22/h10-11,15-20,29H,2-9,12-14H2,1H3,(H,26,27)/t15-,16+,17-,18-,19+,20-,23+,24-/m1/s1. The van der Waals surface area contributed by atoms with Crippen LogP contribution in [-0.2, 0) is 11.2 Å². The first-order valence-corrected chi connectivity index (χ1v) is 11.7. The van der Waals surface area contributed by atoms with Gasteiger partial charge in [0.1, 0.15) is 18.3 Å². The summed E-state index contributed by atoms with van der Waals surface area (Å²) in [5.41, 5.74) is -0.931. The van der Waals surface area contributed by atoms with E-state index in [0.717, 1.165) is 37.4 Å². The zero-order valence-corrected chi connectivity index (χ0v) is 17.6. The summed E-state index contributed by atoms with van der Waals surface area (Å²) in [6.07, 6.45) is 13.1. The number of alkyl halides is 1. The highest BCUT2D eigenvalue weighted by Crippen LogP contribution is 2.64. The molecule has 0 amide bonds. The minimum Gasteiger partial charge on any atom is -0.387 e. The first-order valence-electron chi connectivity index (χ1n) is 11.7. The van der Waals surface area contributed by atoms with Gasteiger partial charge >= 0.3 is 0 Å². The van der Waals surface area contributed by atoms with Gasteiger partial charge in [0.2, 0.25) is 0 Å². The molecule has 29 heavy (non-hydrogen) atoms. The topological polar surface area (TPSA) is 66.0 Å². The maximum atomic E-state index is 13.3. The van der Waals surface area contributed by atoms with E-state index in [9.17, 15) is 14.3 Å². The number of aliphatic hydroxyl groups is 1.